The number of benzene rings is 1. The van der Waals surface area contributed by atoms with E-state index in [9.17, 15) is 0 Å². The van der Waals surface area contributed by atoms with Gasteiger partial charge in [-0.3, -0.25) is 0 Å². The average molecular weight is 389 g/mol. The molecule has 104 valence electrons. The molecule has 1 aromatic heterocycles. The van der Waals surface area contributed by atoms with Gasteiger partial charge in [0.25, 0.3) is 0 Å². The maximum absolute atomic E-state index is 4.54. The highest BCUT2D eigenvalue weighted by molar-refractivity contribution is 9.11. The van der Waals surface area contributed by atoms with Crippen LogP contribution in [0.5, 0.6) is 0 Å². The molecule has 0 aliphatic carbocycles. The molecule has 0 saturated carbocycles. The van der Waals surface area contributed by atoms with Gasteiger partial charge in [0.2, 0.25) is 0 Å². The zero-order valence-electron chi connectivity index (χ0n) is 11.2. The van der Waals surface area contributed by atoms with Gasteiger partial charge in [0, 0.05) is 8.95 Å². The Morgan fingerprint density at radius 1 is 0.895 bits per heavy atom. The van der Waals surface area contributed by atoms with Gasteiger partial charge in [-0.25, -0.2) is 0 Å². The summed E-state index contributed by atoms with van der Waals surface area (Å²) in [6.07, 6.45) is 7.74. The van der Waals surface area contributed by atoms with Gasteiger partial charge in [-0.05, 0) is 50.4 Å². The summed E-state index contributed by atoms with van der Waals surface area (Å²) in [6.45, 7) is 3.15. The molecule has 5 heteroatoms. The lowest BCUT2D eigenvalue weighted by Gasteiger charge is -2.00. The fourth-order valence-electron chi connectivity index (χ4n) is 2.11. The molecule has 1 heterocycles. The van der Waals surface area contributed by atoms with Crippen molar-refractivity contribution in [2.45, 2.75) is 52.0 Å². The van der Waals surface area contributed by atoms with E-state index in [1.165, 1.54) is 32.1 Å². The van der Waals surface area contributed by atoms with Gasteiger partial charge in [-0.15, -0.1) is 0 Å². The van der Waals surface area contributed by atoms with Crippen molar-refractivity contribution >= 4 is 42.9 Å². The van der Waals surface area contributed by atoms with Crippen molar-refractivity contribution in [1.29, 1.82) is 0 Å². The normalized spacial score (nSPS) is 11.3. The second-order valence-corrected chi connectivity index (χ2v) is 6.50. The van der Waals surface area contributed by atoms with Gasteiger partial charge in [0.15, 0.2) is 0 Å². The predicted molar refractivity (Wildman–Crippen MR) is 86.3 cm³/mol. The molecule has 19 heavy (non-hydrogen) atoms. The van der Waals surface area contributed by atoms with Crippen LogP contribution in [0, 0.1) is 0 Å². The summed E-state index contributed by atoms with van der Waals surface area (Å²) in [5.41, 5.74) is 1.86. The molecule has 0 spiro atoms. The highest BCUT2D eigenvalue weighted by Crippen LogP contribution is 2.27. The molecule has 0 fully saturated rings. The molecule has 0 aliphatic rings. The van der Waals surface area contributed by atoms with Crippen LogP contribution >= 0.6 is 31.9 Å². The molecule has 2 aromatic rings. The van der Waals surface area contributed by atoms with Crippen molar-refractivity contribution in [2.24, 2.45) is 0 Å². The molecule has 0 atom stereocenters. The van der Waals surface area contributed by atoms with Gasteiger partial charge in [-0.2, -0.15) is 15.0 Å². The van der Waals surface area contributed by atoms with Crippen molar-refractivity contribution in [1.82, 2.24) is 15.0 Å². The highest BCUT2D eigenvalue weighted by atomic mass is 79.9. The van der Waals surface area contributed by atoms with Crippen LogP contribution < -0.4 is 0 Å². The van der Waals surface area contributed by atoms with E-state index in [1.807, 2.05) is 16.9 Å². The van der Waals surface area contributed by atoms with Crippen molar-refractivity contribution in [2.75, 3.05) is 0 Å². The van der Waals surface area contributed by atoms with E-state index in [0.717, 1.165) is 32.9 Å². The van der Waals surface area contributed by atoms with Crippen molar-refractivity contribution in [3.05, 3.63) is 21.1 Å². The van der Waals surface area contributed by atoms with Gasteiger partial charge in [-0.1, -0.05) is 39.0 Å². The minimum atomic E-state index is 0.902. The van der Waals surface area contributed by atoms with Crippen molar-refractivity contribution in [3.63, 3.8) is 0 Å². The molecule has 0 unspecified atom stereocenters. The van der Waals surface area contributed by atoms with Crippen LogP contribution in [-0.2, 0) is 6.54 Å². The SMILES string of the molecule is CCCCCCCCn1nc2c(Br)ccc(Br)c2n1. The molecule has 0 aliphatic heterocycles. The van der Waals surface area contributed by atoms with Gasteiger partial charge in [0.1, 0.15) is 11.0 Å². The first-order valence-corrected chi connectivity index (χ1v) is 8.50. The van der Waals surface area contributed by atoms with Crippen LogP contribution in [0.2, 0.25) is 0 Å². The van der Waals surface area contributed by atoms with Crippen LogP contribution in [0.1, 0.15) is 45.4 Å². The van der Waals surface area contributed by atoms with E-state index in [2.05, 4.69) is 49.0 Å². The summed E-state index contributed by atoms with van der Waals surface area (Å²) in [5, 5.41) is 9.07. The fraction of sp³-hybridized carbons (Fsp3) is 0.571. The van der Waals surface area contributed by atoms with E-state index >= 15 is 0 Å². The monoisotopic (exact) mass is 387 g/mol. The number of aryl methyl sites for hydroxylation is 1. The van der Waals surface area contributed by atoms with Gasteiger partial charge < -0.3 is 0 Å². The largest absolute Gasteiger partial charge is 0.184 e. The van der Waals surface area contributed by atoms with Gasteiger partial charge >= 0.3 is 0 Å². The Morgan fingerprint density at radius 2 is 1.42 bits per heavy atom. The van der Waals surface area contributed by atoms with Crippen LogP contribution in [0.25, 0.3) is 11.0 Å². The summed E-state index contributed by atoms with van der Waals surface area (Å²) in [4.78, 5) is 1.82. The zero-order valence-corrected chi connectivity index (χ0v) is 14.4. The third kappa shape index (κ3) is 4.02. The maximum atomic E-state index is 4.54. The number of rotatable bonds is 7. The highest BCUT2D eigenvalue weighted by Gasteiger charge is 2.09. The van der Waals surface area contributed by atoms with Crippen molar-refractivity contribution in [3.8, 4) is 0 Å². The Bertz CT molecular complexity index is 498. The Morgan fingerprint density at radius 3 is 2.00 bits per heavy atom. The lowest BCUT2D eigenvalue weighted by molar-refractivity contribution is 0.488. The number of halogens is 2. The quantitative estimate of drug-likeness (QED) is 0.601. The number of unbranched alkanes of at least 4 members (excludes halogenated alkanes) is 5. The number of hydrogen-bond donors (Lipinski definition) is 0. The van der Waals surface area contributed by atoms with E-state index in [1.54, 1.807) is 0 Å². The Labute approximate surface area is 131 Å². The maximum Gasteiger partial charge on any atom is 0.128 e. The Balaban J connectivity index is 1.91. The standard InChI is InChI=1S/C14H19Br2N3/c1-2-3-4-5-6-7-10-19-17-13-11(15)8-9-12(16)14(13)18-19/h8-9H,2-7,10H2,1H3. The number of fused-ring (bicyclic) bond motifs is 1. The molecule has 0 N–H and O–H groups in total. The Hall–Kier alpha value is -0.420. The average Bonchev–Trinajstić information content (AvgIpc) is 2.83. The molecule has 3 nitrogen and oxygen atoms in total. The second-order valence-electron chi connectivity index (χ2n) is 4.79. The summed E-state index contributed by atoms with van der Waals surface area (Å²) in [6, 6.07) is 3.99. The minimum absolute atomic E-state index is 0.902. The third-order valence-corrected chi connectivity index (χ3v) is 4.48. The lowest BCUT2D eigenvalue weighted by Crippen LogP contribution is -2.02. The summed E-state index contributed by atoms with van der Waals surface area (Å²) in [7, 11) is 0. The molecular weight excluding hydrogens is 370 g/mol. The fourth-order valence-corrected chi connectivity index (χ4v) is 2.91. The zero-order chi connectivity index (χ0) is 13.7. The van der Waals surface area contributed by atoms with Gasteiger partial charge in [0.05, 0.1) is 6.54 Å². The number of nitrogens with zero attached hydrogens (tertiary/aromatic N) is 3. The molecular formula is C14H19Br2N3. The smallest absolute Gasteiger partial charge is 0.128 e. The van der Waals surface area contributed by atoms with E-state index in [4.69, 9.17) is 0 Å². The summed E-state index contributed by atoms with van der Waals surface area (Å²) >= 11 is 7.04. The first-order valence-electron chi connectivity index (χ1n) is 6.91. The number of aromatic nitrogens is 3. The molecule has 2 rings (SSSR count). The van der Waals surface area contributed by atoms with Crippen LogP contribution in [0.4, 0.5) is 0 Å². The van der Waals surface area contributed by atoms with Crippen molar-refractivity contribution < 1.29 is 0 Å². The second kappa shape index (κ2) is 7.39. The molecule has 0 amide bonds. The molecule has 0 saturated heterocycles. The number of hydrogen-bond acceptors (Lipinski definition) is 2. The topological polar surface area (TPSA) is 30.7 Å². The van der Waals surface area contributed by atoms with Crippen LogP contribution in [-0.4, -0.2) is 15.0 Å². The lowest BCUT2D eigenvalue weighted by atomic mass is 10.1. The first kappa shape index (κ1) is 15.0. The summed E-state index contributed by atoms with van der Waals surface area (Å²) in [5.74, 6) is 0. The molecule has 0 radical (unpaired) electrons. The minimum Gasteiger partial charge on any atom is -0.184 e. The van der Waals surface area contributed by atoms with Crippen LogP contribution in [0.15, 0.2) is 21.1 Å². The van der Waals surface area contributed by atoms with E-state index in [0.29, 0.717) is 0 Å². The molecule has 1 aromatic carbocycles. The van der Waals surface area contributed by atoms with Crippen LogP contribution in [0.3, 0.4) is 0 Å². The Kier molecular flexibility index (Phi) is 5.82. The summed E-state index contributed by atoms with van der Waals surface area (Å²) < 4.78 is 2.00. The predicted octanol–water partition coefficient (Wildman–Crippen LogP) is 5.32. The molecule has 0 bridgehead atoms. The van der Waals surface area contributed by atoms with E-state index in [-0.39, 0.29) is 0 Å². The third-order valence-electron chi connectivity index (χ3n) is 3.20. The van der Waals surface area contributed by atoms with E-state index < -0.39 is 0 Å². The first-order chi connectivity index (χ1) is 9.22.